The van der Waals surface area contributed by atoms with Gasteiger partial charge in [-0.2, -0.15) is 0 Å². The maximum Gasteiger partial charge on any atom is 0.0958 e. The summed E-state index contributed by atoms with van der Waals surface area (Å²) in [7, 11) is 0. The Bertz CT molecular complexity index is 429. The summed E-state index contributed by atoms with van der Waals surface area (Å²) >= 11 is 0. The van der Waals surface area contributed by atoms with Crippen molar-refractivity contribution < 1.29 is 0 Å². The highest BCUT2D eigenvalue weighted by molar-refractivity contribution is 5.75. The van der Waals surface area contributed by atoms with Crippen LogP contribution in [0.4, 0.5) is 0 Å². The fourth-order valence-electron chi connectivity index (χ4n) is 1.68. The first kappa shape index (κ1) is 9.25. The average Bonchev–Trinajstić information content (AvgIpc) is 2.57. The molecule has 2 nitrogen and oxygen atoms in total. The number of fused-ring (bicyclic) bond motifs is 1. The number of hydrogen-bond acceptors (Lipinski definition) is 1. The van der Waals surface area contributed by atoms with E-state index in [0.29, 0.717) is 0 Å². The second kappa shape index (κ2) is 3.82. The van der Waals surface area contributed by atoms with E-state index in [0.717, 1.165) is 12.1 Å². The SMILES string of the molecule is CCCCn1cnc2cc(C)ccc21. The monoisotopic (exact) mass is 188 g/mol. The molecule has 14 heavy (non-hydrogen) atoms. The second-order valence-corrected chi connectivity index (χ2v) is 3.78. The Labute approximate surface area is 84.6 Å². The summed E-state index contributed by atoms with van der Waals surface area (Å²) in [4.78, 5) is 4.40. The summed E-state index contributed by atoms with van der Waals surface area (Å²) in [6.07, 6.45) is 4.39. The van der Waals surface area contributed by atoms with Gasteiger partial charge in [-0.1, -0.05) is 19.4 Å². The third kappa shape index (κ3) is 1.65. The topological polar surface area (TPSA) is 17.8 Å². The lowest BCUT2D eigenvalue weighted by Gasteiger charge is -2.02. The molecule has 0 aliphatic rings. The van der Waals surface area contributed by atoms with Gasteiger partial charge in [0, 0.05) is 6.54 Å². The first-order chi connectivity index (χ1) is 6.81. The van der Waals surface area contributed by atoms with Gasteiger partial charge in [0.05, 0.1) is 17.4 Å². The van der Waals surface area contributed by atoms with Gasteiger partial charge in [0.1, 0.15) is 0 Å². The van der Waals surface area contributed by atoms with Crippen molar-refractivity contribution in [3.8, 4) is 0 Å². The van der Waals surface area contributed by atoms with Crippen LogP contribution in [0.2, 0.25) is 0 Å². The molecule has 0 radical (unpaired) electrons. The van der Waals surface area contributed by atoms with Gasteiger partial charge in [0.15, 0.2) is 0 Å². The van der Waals surface area contributed by atoms with Gasteiger partial charge in [-0.05, 0) is 31.0 Å². The normalized spacial score (nSPS) is 11.0. The van der Waals surface area contributed by atoms with Crippen LogP contribution in [0.5, 0.6) is 0 Å². The summed E-state index contributed by atoms with van der Waals surface area (Å²) in [6.45, 7) is 5.39. The molecule has 1 heterocycles. The van der Waals surface area contributed by atoms with E-state index in [1.54, 1.807) is 0 Å². The van der Waals surface area contributed by atoms with Crippen LogP contribution in [-0.4, -0.2) is 9.55 Å². The Morgan fingerprint density at radius 3 is 3.00 bits per heavy atom. The Kier molecular flexibility index (Phi) is 2.53. The molecule has 2 aromatic rings. The number of hydrogen-bond donors (Lipinski definition) is 0. The van der Waals surface area contributed by atoms with Gasteiger partial charge < -0.3 is 4.57 Å². The summed E-state index contributed by atoms with van der Waals surface area (Å²) in [5.41, 5.74) is 3.64. The van der Waals surface area contributed by atoms with Crippen LogP contribution in [-0.2, 0) is 6.54 Å². The molecule has 0 N–H and O–H groups in total. The lowest BCUT2D eigenvalue weighted by atomic mass is 10.2. The van der Waals surface area contributed by atoms with Crippen molar-refractivity contribution in [2.75, 3.05) is 0 Å². The van der Waals surface area contributed by atoms with Crippen molar-refractivity contribution in [1.82, 2.24) is 9.55 Å². The van der Waals surface area contributed by atoms with Crippen molar-refractivity contribution in [2.45, 2.75) is 33.2 Å². The molecule has 1 aromatic heterocycles. The Balaban J connectivity index is 2.37. The maximum absolute atomic E-state index is 4.40. The molecule has 2 heteroatoms. The number of nitrogens with zero attached hydrogens (tertiary/aromatic N) is 2. The maximum atomic E-state index is 4.40. The Hall–Kier alpha value is -1.31. The molecule has 0 atom stereocenters. The predicted molar refractivity (Wildman–Crippen MR) is 59.4 cm³/mol. The molecule has 0 saturated carbocycles. The van der Waals surface area contributed by atoms with Crippen molar-refractivity contribution in [1.29, 1.82) is 0 Å². The van der Waals surface area contributed by atoms with Gasteiger partial charge >= 0.3 is 0 Å². The number of rotatable bonds is 3. The van der Waals surface area contributed by atoms with E-state index in [2.05, 4.69) is 41.6 Å². The molecule has 0 saturated heterocycles. The van der Waals surface area contributed by atoms with E-state index in [4.69, 9.17) is 0 Å². The largest absolute Gasteiger partial charge is 0.331 e. The minimum absolute atomic E-state index is 1.08. The van der Waals surface area contributed by atoms with Gasteiger partial charge in [0.25, 0.3) is 0 Å². The highest BCUT2D eigenvalue weighted by Crippen LogP contribution is 2.14. The highest BCUT2D eigenvalue weighted by atomic mass is 15.0. The van der Waals surface area contributed by atoms with Crippen molar-refractivity contribution in [2.24, 2.45) is 0 Å². The third-order valence-electron chi connectivity index (χ3n) is 2.53. The van der Waals surface area contributed by atoms with Crippen LogP contribution in [0, 0.1) is 6.92 Å². The molecule has 0 amide bonds. The number of aromatic nitrogens is 2. The zero-order valence-corrected chi connectivity index (χ0v) is 8.83. The minimum Gasteiger partial charge on any atom is -0.331 e. The Morgan fingerprint density at radius 2 is 2.21 bits per heavy atom. The summed E-state index contributed by atoms with van der Waals surface area (Å²) in [5, 5.41) is 0. The van der Waals surface area contributed by atoms with Gasteiger partial charge in [0.2, 0.25) is 0 Å². The Morgan fingerprint density at radius 1 is 1.36 bits per heavy atom. The van der Waals surface area contributed by atoms with Crippen molar-refractivity contribution >= 4 is 11.0 Å². The zero-order chi connectivity index (χ0) is 9.97. The van der Waals surface area contributed by atoms with Crippen LogP contribution in [0.3, 0.4) is 0 Å². The zero-order valence-electron chi connectivity index (χ0n) is 8.83. The molecule has 0 bridgehead atoms. The summed E-state index contributed by atoms with van der Waals surface area (Å²) in [6, 6.07) is 6.44. The molecule has 0 unspecified atom stereocenters. The minimum atomic E-state index is 1.08. The van der Waals surface area contributed by atoms with Crippen LogP contribution < -0.4 is 0 Å². The highest BCUT2D eigenvalue weighted by Gasteiger charge is 2.00. The summed E-state index contributed by atoms with van der Waals surface area (Å²) < 4.78 is 2.23. The van der Waals surface area contributed by atoms with E-state index in [-0.39, 0.29) is 0 Å². The average molecular weight is 188 g/mol. The molecule has 74 valence electrons. The van der Waals surface area contributed by atoms with E-state index >= 15 is 0 Å². The van der Waals surface area contributed by atoms with Crippen LogP contribution in [0.1, 0.15) is 25.3 Å². The van der Waals surface area contributed by atoms with E-state index in [1.165, 1.54) is 23.9 Å². The van der Waals surface area contributed by atoms with Gasteiger partial charge in [-0.25, -0.2) is 4.98 Å². The van der Waals surface area contributed by atoms with Gasteiger partial charge in [-0.3, -0.25) is 0 Å². The quantitative estimate of drug-likeness (QED) is 0.723. The van der Waals surface area contributed by atoms with E-state index < -0.39 is 0 Å². The first-order valence-corrected chi connectivity index (χ1v) is 5.22. The molecular formula is C12H16N2. The molecule has 2 rings (SSSR count). The molecule has 1 aromatic carbocycles. The number of imidazole rings is 1. The van der Waals surface area contributed by atoms with Crippen molar-refractivity contribution in [3.05, 3.63) is 30.1 Å². The van der Waals surface area contributed by atoms with Gasteiger partial charge in [-0.15, -0.1) is 0 Å². The fourth-order valence-corrected chi connectivity index (χ4v) is 1.68. The second-order valence-electron chi connectivity index (χ2n) is 3.78. The molecule has 0 aliphatic carbocycles. The summed E-state index contributed by atoms with van der Waals surface area (Å²) in [5.74, 6) is 0. The fraction of sp³-hybridized carbons (Fsp3) is 0.417. The van der Waals surface area contributed by atoms with E-state index in [1.807, 2.05) is 6.33 Å². The third-order valence-corrected chi connectivity index (χ3v) is 2.53. The van der Waals surface area contributed by atoms with Crippen LogP contribution in [0.15, 0.2) is 24.5 Å². The lowest BCUT2D eigenvalue weighted by Crippen LogP contribution is -1.94. The molecule has 0 aliphatic heterocycles. The first-order valence-electron chi connectivity index (χ1n) is 5.22. The molecule has 0 spiro atoms. The number of aryl methyl sites for hydroxylation is 2. The van der Waals surface area contributed by atoms with Crippen molar-refractivity contribution in [3.63, 3.8) is 0 Å². The van der Waals surface area contributed by atoms with Crippen LogP contribution >= 0.6 is 0 Å². The number of unbranched alkanes of at least 4 members (excludes halogenated alkanes) is 1. The smallest absolute Gasteiger partial charge is 0.0958 e. The van der Waals surface area contributed by atoms with E-state index in [9.17, 15) is 0 Å². The van der Waals surface area contributed by atoms with Crippen LogP contribution in [0.25, 0.3) is 11.0 Å². The number of benzene rings is 1. The lowest BCUT2D eigenvalue weighted by molar-refractivity contribution is 0.646. The predicted octanol–water partition coefficient (Wildman–Crippen LogP) is 3.14. The standard InChI is InChI=1S/C12H16N2/c1-3-4-7-14-9-13-11-8-10(2)5-6-12(11)14/h5-6,8-9H,3-4,7H2,1-2H3. The molecule has 0 fully saturated rings. The molecular weight excluding hydrogens is 172 g/mol.